The Balaban J connectivity index is 3.59. The van der Waals surface area contributed by atoms with Crippen LogP contribution in [0.2, 0.25) is 0 Å². The maximum Gasteiger partial charge on any atom is 0.0137 e. The van der Waals surface area contributed by atoms with Gasteiger partial charge in [-0.05, 0) is 78.8 Å². The van der Waals surface area contributed by atoms with Gasteiger partial charge in [0.2, 0.25) is 0 Å². The van der Waals surface area contributed by atoms with E-state index >= 15 is 0 Å². The second-order valence-corrected chi connectivity index (χ2v) is 7.43. The van der Waals surface area contributed by atoms with Crippen LogP contribution in [0, 0.1) is 0 Å². The summed E-state index contributed by atoms with van der Waals surface area (Å²) >= 11 is 0. The highest BCUT2D eigenvalue weighted by Crippen LogP contribution is 2.00. The van der Waals surface area contributed by atoms with E-state index in [-0.39, 0.29) is 0 Å². The van der Waals surface area contributed by atoms with Crippen molar-refractivity contribution in [2.24, 2.45) is 0 Å². The van der Waals surface area contributed by atoms with E-state index in [1.165, 1.54) is 65.0 Å². The highest BCUT2D eigenvalue weighted by atomic mass is 15.1. The second kappa shape index (κ2) is 18.0. The first-order valence-corrected chi connectivity index (χ1v) is 11.1. The summed E-state index contributed by atoms with van der Waals surface area (Å²) in [7, 11) is 0. The fourth-order valence-corrected chi connectivity index (χ4v) is 3.23. The lowest BCUT2D eigenvalue weighted by Gasteiger charge is -2.19. The van der Waals surface area contributed by atoms with Gasteiger partial charge in [-0.1, -0.05) is 39.8 Å². The molecular weight excluding hydrogens is 320 g/mol. The summed E-state index contributed by atoms with van der Waals surface area (Å²) in [4.78, 5) is 5.00. The first kappa shape index (κ1) is 25.6. The van der Waals surface area contributed by atoms with E-state index in [1.807, 2.05) is 0 Å². The monoisotopic (exact) mass is 368 g/mol. The first-order chi connectivity index (χ1) is 12.6. The van der Waals surface area contributed by atoms with Gasteiger partial charge in [-0.25, -0.2) is 0 Å². The fraction of sp³-hybridized carbons (Fsp3) is 0.909. The normalized spacial score (nSPS) is 14.6. The summed E-state index contributed by atoms with van der Waals surface area (Å²) in [6.45, 7) is 22.7. The van der Waals surface area contributed by atoms with Crippen LogP contribution in [0.3, 0.4) is 0 Å². The summed E-state index contributed by atoms with van der Waals surface area (Å²) in [5.41, 5.74) is 0. The third-order valence-electron chi connectivity index (χ3n) is 5.35. The van der Waals surface area contributed by atoms with Crippen LogP contribution in [-0.2, 0) is 0 Å². The number of rotatable bonds is 18. The molecule has 0 spiro atoms. The van der Waals surface area contributed by atoms with Crippen LogP contribution < -0.4 is 10.6 Å². The standard InChI is InChI=1S/C22H48N4/c1-7-25(8-2)19-13-15-21(5)23-17-11-12-18-24-22(6)16-14-20-26(9-3)10-4/h11-12,21-24H,7-10,13-20H2,1-6H3/b12-11-/t21-,22-/m0/s1. The molecular formula is C22H48N4. The molecule has 0 unspecified atom stereocenters. The smallest absolute Gasteiger partial charge is 0.0137 e. The van der Waals surface area contributed by atoms with Crippen molar-refractivity contribution in [1.29, 1.82) is 0 Å². The maximum atomic E-state index is 3.60. The van der Waals surface area contributed by atoms with Gasteiger partial charge in [-0.2, -0.15) is 0 Å². The van der Waals surface area contributed by atoms with Crippen LogP contribution in [0.25, 0.3) is 0 Å². The minimum atomic E-state index is 0.599. The summed E-state index contributed by atoms with van der Waals surface area (Å²) in [5, 5.41) is 7.20. The van der Waals surface area contributed by atoms with Gasteiger partial charge in [-0.3, -0.25) is 0 Å². The van der Waals surface area contributed by atoms with Gasteiger partial charge in [0, 0.05) is 25.2 Å². The molecule has 2 N–H and O–H groups in total. The molecule has 0 aromatic rings. The highest BCUT2D eigenvalue weighted by molar-refractivity contribution is 4.87. The van der Waals surface area contributed by atoms with Crippen LogP contribution in [0.5, 0.6) is 0 Å². The Morgan fingerprint density at radius 2 is 1.00 bits per heavy atom. The number of nitrogens with zero attached hydrogens (tertiary/aromatic N) is 2. The van der Waals surface area contributed by atoms with Crippen molar-refractivity contribution in [2.45, 2.75) is 79.3 Å². The minimum Gasteiger partial charge on any atom is -0.311 e. The molecule has 0 rings (SSSR count). The molecule has 4 heteroatoms. The van der Waals surface area contributed by atoms with Crippen LogP contribution in [0.1, 0.15) is 67.2 Å². The second-order valence-electron chi connectivity index (χ2n) is 7.43. The van der Waals surface area contributed by atoms with Crippen molar-refractivity contribution in [2.75, 3.05) is 52.4 Å². The van der Waals surface area contributed by atoms with Gasteiger partial charge in [-0.15, -0.1) is 0 Å². The zero-order valence-electron chi connectivity index (χ0n) is 18.7. The van der Waals surface area contributed by atoms with E-state index in [2.05, 4.69) is 74.1 Å². The minimum absolute atomic E-state index is 0.599. The average Bonchev–Trinajstić information content (AvgIpc) is 2.65. The number of hydrogen-bond acceptors (Lipinski definition) is 4. The van der Waals surface area contributed by atoms with Crippen LogP contribution in [0.4, 0.5) is 0 Å². The Labute approximate surface area is 164 Å². The van der Waals surface area contributed by atoms with Crippen molar-refractivity contribution >= 4 is 0 Å². The van der Waals surface area contributed by atoms with Crippen molar-refractivity contribution in [3.8, 4) is 0 Å². The number of nitrogens with one attached hydrogen (secondary N) is 2. The van der Waals surface area contributed by atoms with Gasteiger partial charge in [0.25, 0.3) is 0 Å². The molecule has 0 aromatic carbocycles. The van der Waals surface area contributed by atoms with E-state index in [0.717, 1.165) is 13.1 Å². The lowest BCUT2D eigenvalue weighted by atomic mass is 10.1. The molecule has 0 aliphatic carbocycles. The predicted octanol–water partition coefficient (Wildman–Crippen LogP) is 3.74. The molecule has 0 heterocycles. The Bertz CT molecular complexity index is 281. The number of hydrogen-bond donors (Lipinski definition) is 2. The van der Waals surface area contributed by atoms with Gasteiger partial charge >= 0.3 is 0 Å². The fourth-order valence-electron chi connectivity index (χ4n) is 3.23. The molecule has 0 bridgehead atoms. The average molecular weight is 369 g/mol. The molecule has 0 fully saturated rings. The van der Waals surface area contributed by atoms with E-state index < -0.39 is 0 Å². The Morgan fingerprint density at radius 3 is 1.31 bits per heavy atom. The molecule has 2 atom stereocenters. The summed E-state index contributed by atoms with van der Waals surface area (Å²) in [5.74, 6) is 0. The molecule has 0 saturated heterocycles. The summed E-state index contributed by atoms with van der Waals surface area (Å²) in [6, 6.07) is 1.20. The van der Waals surface area contributed by atoms with E-state index in [9.17, 15) is 0 Å². The first-order valence-electron chi connectivity index (χ1n) is 11.1. The molecule has 0 aliphatic heterocycles. The molecule has 4 nitrogen and oxygen atoms in total. The molecule has 156 valence electrons. The van der Waals surface area contributed by atoms with Crippen molar-refractivity contribution < 1.29 is 0 Å². The summed E-state index contributed by atoms with van der Waals surface area (Å²) < 4.78 is 0. The lowest BCUT2D eigenvalue weighted by molar-refractivity contribution is 0.291. The van der Waals surface area contributed by atoms with E-state index in [1.54, 1.807) is 0 Å². The topological polar surface area (TPSA) is 30.5 Å². The van der Waals surface area contributed by atoms with Crippen molar-refractivity contribution in [3.05, 3.63) is 12.2 Å². The zero-order valence-corrected chi connectivity index (χ0v) is 18.7. The third-order valence-corrected chi connectivity index (χ3v) is 5.35. The molecule has 26 heavy (non-hydrogen) atoms. The quantitative estimate of drug-likeness (QED) is 0.361. The maximum absolute atomic E-state index is 3.60. The SMILES string of the molecule is CCN(CC)CCC[C@H](C)NC/C=C\CN[C@@H](C)CCCN(CC)CC. The molecule has 0 amide bonds. The zero-order chi connectivity index (χ0) is 19.6. The Morgan fingerprint density at radius 1 is 0.654 bits per heavy atom. The van der Waals surface area contributed by atoms with Gasteiger partial charge < -0.3 is 20.4 Å². The third kappa shape index (κ3) is 14.7. The predicted molar refractivity (Wildman–Crippen MR) is 118 cm³/mol. The van der Waals surface area contributed by atoms with Crippen LogP contribution in [-0.4, -0.2) is 74.2 Å². The van der Waals surface area contributed by atoms with Crippen molar-refractivity contribution in [3.63, 3.8) is 0 Å². The highest BCUT2D eigenvalue weighted by Gasteiger charge is 2.04. The molecule has 0 radical (unpaired) electrons. The van der Waals surface area contributed by atoms with E-state index in [4.69, 9.17) is 0 Å². The largest absolute Gasteiger partial charge is 0.311 e. The Kier molecular flexibility index (Phi) is 17.7. The van der Waals surface area contributed by atoms with Gasteiger partial charge in [0.15, 0.2) is 0 Å². The Hall–Kier alpha value is -0.420. The van der Waals surface area contributed by atoms with Crippen LogP contribution in [0.15, 0.2) is 12.2 Å². The van der Waals surface area contributed by atoms with Crippen molar-refractivity contribution in [1.82, 2.24) is 20.4 Å². The van der Waals surface area contributed by atoms with Gasteiger partial charge in [0.05, 0.1) is 0 Å². The van der Waals surface area contributed by atoms with E-state index in [0.29, 0.717) is 12.1 Å². The lowest BCUT2D eigenvalue weighted by Crippen LogP contribution is -2.30. The molecule has 0 saturated carbocycles. The molecule has 0 aliphatic rings. The van der Waals surface area contributed by atoms with Crippen LogP contribution >= 0.6 is 0 Å². The molecule has 0 aromatic heterocycles. The summed E-state index contributed by atoms with van der Waals surface area (Å²) in [6.07, 6.45) is 9.60. The van der Waals surface area contributed by atoms with Gasteiger partial charge in [0.1, 0.15) is 0 Å².